The Hall–Kier alpha value is -2.19. The third kappa shape index (κ3) is 6.15. The minimum Gasteiger partial charge on any atom is -0.356 e. The maximum atomic E-state index is 12.3. The van der Waals surface area contributed by atoms with Crippen LogP contribution in [0.25, 0.3) is 11.3 Å². The first kappa shape index (κ1) is 22.5. The number of hydrogen-bond donors (Lipinski definition) is 1. The number of thiazole rings is 1. The number of nitrogens with zero attached hydrogens (tertiary/aromatic N) is 4. The molecule has 8 heteroatoms. The number of carbonyl (C=O) groups is 1. The van der Waals surface area contributed by atoms with Gasteiger partial charge in [0.25, 0.3) is 0 Å². The van der Waals surface area contributed by atoms with Gasteiger partial charge in [-0.15, -0.1) is 21.5 Å². The van der Waals surface area contributed by atoms with Gasteiger partial charge in [0.1, 0.15) is 5.82 Å². The van der Waals surface area contributed by atoms with Crippen molar-refractivity contribution >= 4 is 29.0 Å². The minimum atomic E-state index is 0.0423. The third-order valence-corrected chi connectivity index (χ3v) is 6.10. The molecule has 2 aromatic heterocycles. The summed E-state index contributed by atoms with van der Waals surface area (Å²) in [4.78, 5) is 16.8. The lowest BCUT2D eigenvalue weighted by atomic mass is 10.1. The molecule has 1 amide bonds. The molecule has 1 aromatic carbocycles. The van der Waals surface area contributed by atoms with Crippen molar-refractivity contribution < 1.29 is 4.79 Å². The van der Waals surface area contributed by atoms with Crippen molar-refractivity contribution in [1.82, 2.24) is 25.1 Å². The van der Waals surface area contributed by atoms with Crippen LogP contribution < -0.4 is 5.32 Å². The highest BCUT2D eigenvalue weighted by atomic mass is 32.2. The largest absolute Gasteiger partial charge is 0.356 e. The summed E-state index contributed by atoms with van der Waals surface area (Å²) in [7, 11) is 0. The van der Waals surface area contributed by atoms with E-state index >= 15 is 0 Å². The lowest BCUT2D eigenvalue weighted by Gasteiger charge is -2.11. The van der Waals surface area contributed by atoms with E-state index < -0.39 is 0 Å². The highest BCUT2D eigenvalue weighted by Gasteiger charge is 2.12. The predicted octanol–water partition coefficient (Wildman–Crippen LogP) is 4.38. The lowest BCUT2D eigenvalue weighted by molar-refractivity contribution is -0.120. The summed E-state index contributed by atoms with van der Waals surface area (Å²) in [5, 5.41) is 15.7. The maximum absolute atomic E-state index is 12.3. The van der Waals surface area contributed by atoms with Crippen molar-refractivity contribution in [2.24, 2.45) is 5.92 Å². The van der Waals surface area contributed by atoms with Gasteiger partial charge >= 0.3 is 0 Å². The molecule has 0 aliphatic rings. The molecule has 160 valence electrons. The number of hydrogen-bond acceptors (Lipinski definition) is 6. The molecule has 0 spiro atoms. The Labute approximate surface area is 186 Å². The van der Waals surface area contributed by atoms with E-state index in [0.717, 1.165) is 52.2 Å². The molecular formula is C22H29N5OS2. The van der Waals surface area contributed by atoms with Gasteiger partial charge in [-0.05, 0) is 31.1 Å². The molecule has 30 heavy (non-hydrogen) atoms. The molecule has 0 unspecified atom stereocenters. The fourth-order valence-corrected chi connectivity index (χ4v) is 4.36. The van der Waals surface area contributed by atoms with Crippen LogP contribution in [0.3, 0.4) is 0 Å². The number of thioether (sulfide) groups is 1. The van der Waals surface area contributed by atoms with Gasteiger partial charge in [-0.1, -0.05) is 49.9 Å². The maximum Gasteiger partial charge on any atom is 0.224 e. The molecule has 1 N–H and O–H groups in total. The third-order valence-electron chi connectivity index (χ3n) is 4.66. The molecule has 0 fully saturated rings. The number of rotatable bonds is 10. The van der Waals surface area contributed by atoms with Gasteiger partial charge < -0.3 is 9.88 Å². The quantitative estimate of drug-likeness (QED) is 0.372. The van der Waals surface area contributed by atoms with Crippen molar-refractivity contribution in [3.05, 3.63) is 46.0 Å². The van der Waals surface area contributed by atoms with Crippen molar-refractivity contribution in [1.29, 1.82) is 0 Å². The molecule has 6 nitrogen and oxygen atoms in total. The van der Waals surface area contributed by atoms with Crippen LogP contribution in [0.2, 0.25) is 0 Å². The second-order valence-electron chi connectivity index (χ2n) is 7.69. The van der Waals surface area contributed by atoms with Gasteiger partial charge in [-0.3, -0.25) is 4.79 Å². The van der Waals surface area contributed by atoms with E-state index in [4.69, 9.17) is 0 Å². The summed E-state index contributed by atoms with van der Waals surface area (Å²) in [6, 6.07) is 8.06. The monoisotopic (exact) mass is 443 g/mol. The van der Waals surface area contributed by atoms with E-state index in [2.05, 4.69) is 44.3 Å². The summed E-state index contributed by atoms with van der Waals surface area (Å²) in [5.41, 5.74) is 3.08. The van der Waals surface area contributed by atoms with Crippen molar-refractivity contribution in [3.8, 4) is 11.3 Å². The molecule has 0 aliphatic heterocycles. The van der Waals surface area contributed by atoms with Gasteiger partial charge in [-0.25, -0.2) is 4.98 Å². The van der Waals surface area contributed by atoms with Crippen LogP contribution in [0.4, 0.5) is 0 Å². The first-order chi connectivity index (χ1) is 14.5. The SMILES string of the molecule is CSc1nnc(CCCNC(=O)Cc2ccc(-c3csc(C)n3)cc2)n1CC(C)C. The molecule has 0 bridgehead atoms. The van der Waals surface area contributed by atoms with E-state index in [1.807, 2.05) is 37.4 Å². The molecule has 0 atom stereocenters. The molecule has 0 saturated carbocycles. The molecule has 2 heterocycles. The molecule has 0 aliphatic carbocycles. The van der Waals surface area contributed by atoms with E-state index in [0.29, 0.717) is 18.9 Å². The molecule has 0 radical (unpaired) electrons. The van der Waals surface area contributed by atoms with Crippen LogP contribution in [-0.2, 0) is 24.2 Å². The molecular weight excluding hydrogens is 414 g/mol. The predicted molar refractivity (Wildman–Crippen MR) is 124 cm³/mol. The Balaban J connectivity index is 1.45. The molecule has 3 rings (SSSR count). The van der Waals surface area contributed by atoms with Gasteiger partial charge in [-0.2, -0.15) is 0 Å². The smallest absolute Gasteiger partial charge is 0.224 e. The molecule has 0 saturated heterocycles. The van der Waals surface area contributed by atoms with Crippen LogP contribution in [0.5, 0.6) is 0 Å². The Morgan fingerprint density at radius 3 is 2.63 bits per heavy atom. The van der Waals surface area contributed by atoms with Crippen LogP contribution in [-0.4, -0.2) is 38.5 Å². The average molecular weight is 444 g/mol. The normalized spacial score (nSPS) is 11.2. The standard InChI is InChI=1S/C22H29N5OS2/c1-15(2)13-27-20(25-26-22(27)29-4)6-5-11-23-21(28)12-17-7-9-18(10-8-17)19-14-30-16(3)24-19/h7-10,14-15H,5-6,11-13H2,1-4H3,(H,23,28). The number of carbonyl (C=O) groups excluding carboxylic acids is 1. The van der Waals surface area contributed by atoms with Crippen LogP contribution in [0, 0.1) is 12.8 Å². The Morgan fingerprint density at radius 1 is 1.23 bits per heavy atom. The summed E-state index contributed by atoms with van der Waals surface area (Å²) >= 11 is 3.26. The van der Waals surface area contributed by atoms with E-state index in [1.165, 1.54) is 0 Å². The zero-order chi connectivity index (χ0) is 21.5. The van der Waals surface area contributed by atoms with Gasteiger partial charge in [0.2, 0.25) is 5.91 Å². The second kappa shape index (κ2) is 10.7. The van der Waals surface area contributed by atoms with Crippen LogP contribution in [0.15, 0.2) is 34.8 Å². The summed E-state index contributed by atoms with van der Waals surface area (Å²) < 4.78 is 2.20. The zero-order valence-electron chi connectivity index (χ0n) is 18.0. The first-order valence-corrected chi connectivity index (χ1v) is 12.3. The van der Waals surface area contributed by atoms with Gasteiger partial charge in [0.05, 0.1) is 17.1 Å². The Bertz CT molecular complexity index is 962. The number of aryl methyl sites for hydroxylation is 2. The highest BCUT2D eigenvalue weighted by Crippen LogP contribution is 2.22. The van der Waals surface area contributed by atoms with E-state index in [9.17, 15) is 4.79 Å². The lowest BCUT2D eigenvalue weighted by Crippen LogP contribution is -2.26. The number of nitrogens with one attached hydrogen (secondary N) is 1. The van der Waals surface area contributed by atoms with E-state index in [1.54, 1.807) is 23.1 Å². The fraction of sp³-hybridized carbons (Fsp3) is 0.455. The minimum absolute atomic E-state index is 0.0423. The topological polar surface area (TPSA) is 72.7 Å². The summed E-state index contributed by atoms with van der Waals surface area (Å²) in [6.07, 6.45) is 4.06. The van der Waals surface area contributed by atoms with Crippen molar-refractivity contribution in [2.45, 2.75) is 51.7 Å². The Kier molecular flexibility index (Phi) is 8.04. The number of aromatic nitrogens is 4. The zero-order valence-corrected chi connectivity index (χ0v) is 19.6. The number of amides is 1. The van der Waals surface area contributed by atoms with Gasteiger partial charge in [0.15, 0.2) is 5.16 Å². The van der Waals surface area contributed by atoms with Crippen molar-refractivity contribution in [3.63, 3.8) is 0 Å². The van der Waals surface area contributed by atoms with Gasteiger partial charge in [0, 0.05) is 30.5 Å². The summed E-state index contributed by atoms with van der Waals surface area (Å²) in [5.74, 6) is 1.58. The van der Waals surface area contributed by atoms with E-state index in [-0.39, 0.29) is 5.91 Å². The second-order valence-corrected chi connectivity index (χ2v) is 9.52. The molecule has 3 aromatic rings. The fourth-order valence-electron chi connectivity index (χ4n) is 3.22. The van der Waals surface area contributed by atoms with Crippen LogP contribution in [0.1, 0.15) is 36.7 Å². The Morgan fingerprint density at radius 2 is 2.00 bits per heavy atom. The first-order valence-electron chi connectivity index (χ1n) is 10.2. The number of benzene rings is 1. The van der Waals surface area contributed by atoms with Crippen LogP contribution >= 0.6 is 23.1 Å². The summed E-state index contributed by atoms with van der Waals surface area (Å²) in [6.45, 7) is 7.94. The van der Waals surface area contributed by atoms with Crippen molar-refractivity contribution in [2.75, 3.05) is 12.8 Å². The average Bonchev–Trinajstić information content (AvgIpc) is 3.31. The highest BCUT2D eigenvalue weighted by molar-refractivity contribution is 7.98.